The lowest BCUT2D eigenvalue weighted by Crippen LogP contribution is -2.15. The number of hydrogen-bond acceptors (Lipinski definition) is 3. The lowest BCUT2D eigenvalue weighted by molar-refractivity contribution is -0.115. The van der Waals surface area contributed by atoms with Crippen LogP contribution in [0, 0.1) is 0 Å². The SMILES string of the molecule is Nc1ccc(Sc2ccccc2)cc1CC(=O)Nc1ccccc1. The fourth-order valence-corrected chi connectivity index (χ4v) is 3.23. The molecule has 0 aromatic heterocycles. The molecule has 3 aromatic carbocycles. The molecule has 0 unspecified atom stereocenters. The molecule has 3 N–H and O–H groups in total. The predicted molar refractivity (Wildman–Crippen MR) is 100 cm³/mol. The molecule has 0 radical (unpaired) electrons. The predicted octanol–water partition coefficient (Wildman–Crippen LogP) is 4.60. The van der Waals surface area contributed by atoms with Crippen molar-refractivity contribution in [3.8, 4) is 0 Å². The van der Waals surface area contributed by atoms with Gasteiger partial charge in [0.25, 0.3) is 0 Å². The Kier molecular flexibility index (Phi) is 5.18. The molecular weight excluding hydrogens is 316 g/mol. The first-order valence-corrected chi connectivity index (χ1v) is 8.48. The van der Waals surface area contributed by atoms with Crippen LogP contribution < -0.4 is 11.1 Å². The molecule has 1 amide bonds. The first-order valence-electron chi connectivity index (χ1n) is 7.67. The van der Waals surface area contributed by atoms with Crippen molar-refractivity contribution in [3.05, 3.63) is 84.4 Å². The lowest BCUT2D eigenvalue weighted by atomic mass is 10.1. The normalized spacial score (nSPS) is 10.3. The maximum Gasteiger partial charge on any atom is 0.228 e. The molecule has 0 bridgehead atoms. The third kappa shape index (κ3) is 4.40. The van der Waals surface area contributed by atoms with E-state index in [0.717, 1.165) is 21.0 Å². The van der Waals surface area contributed by atoms with Crippen molar-refractivity contribution in [3.63, 3.8) is 0 Å². The number of carbonyl (C=O) groups is 1. The lowest BCUT2D eigenvalue weighted by Gasteiger charge is -2.09. The molecule has 0 aliphatic rings. The number of para-hydroxylation sites is 1. The summed E-state index contributed by atoms with van der Waals surface area (Å²) in [5, 5.41) is 2.89. The molecule has 0 fully saturated rings. The van der Waals surface area contributed by atoms with Gasteiger partial charge in [0.05, 0.1) is 6.42 Å². The fraction of sp³-hybridized carbons (Fsp3) is 0.0500. The maximum atomic E-state index is 12.2. The number of amides is 1. The van der Waals surface area contributed by atoms with Crippen molar-refractivity contribution in [2.75, 3.05) is 11.1 Å². The molecule has 4 heteroatoms. The zero-order valence-corrected chi connectivity index (χ0v) is 13.9. The molecule has 3 nitrogen and oxygen atoms in total. The molecule has 24 heavy (non-hydrogen) atoms. The average molecular weight is 334 g/mol. The standard InChI is InChI=1S/C20H18N2OS/c21-19-12-11-18(24-17-9-5-2-6-10-17)13-15(19)14-20(23)22-16-7-3-1-4-8-16/h1-13H,14,21H2,(H,22,23). The van der Waals surface area contributed by atoms with Crippen LogP contribution >= 0.6 is 11.8 Å². The van der Waals surface area contributed by atoms with Gasteiger partial charge >= 0.3 is 0 Å². The van der Waals surface area contributed by atoms with Crippen LogP contribution in [0.25, 0.3) is 0 Å². The topological polar surface area (TPSA) is 55.1 Å². The molecule has 0 spiro atoms. The average Bonchev–Trinajstić information content (AvgIpc) is 2.60. The highest BCUT2D eigenvalue weighted by Gasteiger charge is 2.09. The summed E-state index contributed by atoms with van der Waals surface area (Å²) in [6.07, 6.45) is 0.254. The Labute approximate surface area is 145 Å². The summed E-state index contributed by atoms with van der Waals surface area (Å²) in [5.41, 5.74) is 8.30. The summed E-state index contributed by atoms with van der Waals surface area (Å²) in [5.74, 6) is -0.0743. The number of rotatable bonds is 5. The Morgan fingerprint density at radius 1 is 0.875 bits per heavy atom. The number of nitrogens with two attached hydrogens (primary N) is 1. The number of benzene rings is 3. The quantitative estimate of drug-likeness (QED) is 0.670. The van der Waals surface area contributed by atoms with Crippen LogP contribution in [-0.4, -0.2) is 5.91 Å². The van der Waals surface area contributed by atoms with Crippen LogP contribution in [0.15, 0.2) is 88.7 Å². The van der Waals surface area contributed by atoms with Crippen molar-refractivity contribution < 1.29 is 4.79 Å². The molecule has 0 atom stereocenters. The Morgan fingerprint density at radius 3 is 2.25 bits per heavy atom. The van der Waals surface area contributed by atoms with Gasteiger partial charge < -0.3 is 11.1 Å². The minimum absolute atomic E-state index is 0.0743. The molecule has 0 saturated heterocycles. The van der Waals surface area contributed by atoms with E-state index in [0.29, 0.717) is 5.69 Å². The van der Waals surface area contributed by atoms with Gasteiger partial charge in [-0.2, -0.15) is 0 Å². The highest BCUT2D eigenvalue weighted by Crippen LogP contribution is 2.29. The smallest absolute Gasteiger partial charge is 0.228 e. The van der Waals surface area contributed by atoms with Gasteiger partial charge in [0.2, 0.25) is 5.91 Å². The summed E-state index contributed by atoms with van der Waals surface area (Å²) in [6, 6.07) is 25.4. The van der Waals surface area contributed by atoms with E-state index in [2.05, 4.69) is 17.4 Å². The highest BCUT2D eigenvalue weighted by molar-refractivity contribution is 7.99. The Morgan fingerprint density at radius 2 is 1.54 bits per heavy atom. The summed E-state index contributed by atoms with van der Waals surface area (Å²) >= 11 is 1.65. The van der Waals surface area contributed by atoms with E-state index in [1.54, 1.807) is 11.8 Å². The van der Waals surface area contributed by atoms with E-state index in [1.165, 1.54) is 0 Å². The first kappa shape index (κ1) is 16.1. The van der Waals surface area contributed by atoms with Crippen molar-refractivity contribution in [1.29, 1.82) is 0 Å². The van der Waals surface area contributed by atoms with E-state index < -0.39 is 0 Å². The summed E-state index contributed by atoms with van der Waals surface area (Å²) in [4.78, 5) is 14.5. The van der Waals surface area contributed by atoms with Crippen LogP contribution in [0.1, 0.15) is 5.56 Å². The highest BCUT2D eigenvalue weighted by atomic mass is 32.2. The zero-order valence-electron chi connectivity index (χ0n) is 13.1. The molecule has 0 aliphatic carbocycles. The van der Waals surface area contributed by atoms with E-state index in [1.807, 2.05) is 66.7 Å². The summed E-state index contributed by atoms with van der Waals surface area (Å²) in [7, 11) is 0. The van der Waals surface area contributed by atoms with Gasteiger partial charge in [-0.15, -0.1) is 0 Å². The fourth-order valence-electron chi connectivity index (χ4n) is 2.32. The van der Waals surface area contributed by atoms with Gasteiger partial charge in [0.1, 0.15) is 0 Å². The number of carbonyl (C=O) groups excluding carboxylic acids is 1. The van der Waals surface area contributed by atoms with Gasteiger partial charge in [-0.25, -0.2) is 0 Å². The van der Waals surface area contributed by atoms with Crippen LogP contribution in [0.5, 0.6) is 0 Å². The Balaban J connectivity index is 1.71. The number of nitrogens with one attached hydrogen (secondary N) is 1. The monoisotopic (exact) mass is 334 g/mol. The van der Waals surface area contributed by atoms with Crippen molar-refractivity contribution in [2.24, 2.45) is 0 Å². The van der Waals surface area contributed by atoms with E-state index >= 15 is 0 Å². The first-order chi connectivity index (χ1) is 11.7. The second-order valence-corrected chi connectivity index (χ2v) is 6.51. The summed E-state index contributed by atoms with van der Waals surface area (Å²) in [6.45, 7) is 0. The molecule has 3 rings (SSSR count). The van der Waals surface area contributed by atoms with Crippen LogP contribution in [-0.2, 0) is 11.2 Å². The van der Waals surface area contributed by atoms with Crippen LogP contribution in [0.3, 0.4) is 0 Å². The zero-order chi connectivity index (χ0) is 16.8. The van der Waals surface area contributed by atoms with Crippen LogP contribution in [0.2, 0.25) is 0 Å². The molecule has 0 heterocycles. The minimum atomic E-state index is -0.0743. The van der Waals surface area contributed by atoms with Gasteiger partial charge in [-0.3, -0.25) is 4.79 Å². The Bertz CT molecular complexity index is 820. The number of hydrogen-bond donors (Lipinski definition) is 2. The van der Waals surface area contributed by atoms with Crippen molar-refractivity contribution in [1.82, 2.24) is 0 Å². The summed E-state index contributed by atoms with van der Waals surface area (Å²) < 4.78 is 0. The second kappa shape index (κ2) is 7.70. The van der Waals surface area contributed by atoms with Crippen molar-refractivity contribution in [2.45, 2.75) is 16.2 Å². The molecule has 0 aliphatic heterocycles. The second-order valence-electron chi connectivity index (χ2n) is 5.37. The third-order valence-corrected chi connectivity index (χ3v) is 4.50. The number of anilines is 2. The molecule has 0 saturated carbocycles. The Hall–Kier alpha value is -2.72. The largest absolute Gasteiger partial charge is 0.398 e. The van der Waals surface area contributed by atoms with E-state index in [9.17, 15) is 4.79 Å². The van der Waals surface area contributed by atoms with Crippen molar-refractivity contribution >= 4 is 29.0 Å². The molecule has 120 valence electrons. The van der Waals surface area contributed by atoms with Gasteiger partial charge in [-0.05, 0) is 48.0 Å². The maximum absolute atomic E-state index is 12.2. The third-order valence-electron chi connectivity index (χ3n) is 3.50. The van der Waals surface area contributed by atoms with E-state index in [4.69, 9.17) is 5.73 Å². The van der Waals surface area contributed by atoms with Crippen LogP contribution in [0.4, 0.5) is 11.4 Å². The molecular formula is C20H18N2OS. The number of nitrogen functional groups attached to an aromatic ring is 1. The minimum Gasteiger partial charge on any atom is -0.398 e. The van der Waals surface area contributed by atoms with Gasteiger partial charge in [0, 0.05) is 21.2 Å². The van der Waals surface area contributed by atoms with Gasteiger partial charge in [-0.1, -0.05) is 48.2 Å². The molecule has 3 aromatic rings. The van der Waals surface area contributed by atoms with E-state index in [-0.39, 0.29) is 12.3 Å². The van der Waals surface area contributed by atoms with Gasteiger partial charge in [0.15, 0.2) is 0 Å².